The van der Waals surface area contributed by atoms with E-state index in [1.165, 1.54) is 16.9 Å². The molecule has 3 rings (SSSR count). The van der Waals surface area contributed by atoms with Crippen LogP contribution >= 0.6 is 0 Å². The van der Waals surface area contributed by atoms with Gasteiger partial charge in [-0.05, 0) is 24.8 Å². The average molecular weight is 255 g/mol. The Labute approximate surface area is 114 Å². The number of fused-ring (bicyclic) bond motifs is 1. The molecule has 0 saturated carbocycles. The van der Waals surface area contributed by atoms with Gasteiger partial charge in [0.15, 0.2) is 0 Å². The molecule has 0 radical (unpaired) electrons. The Hall–Kier alpha value is -1.77. The monoisotopic (exact) mass is 255 g/mol. The maximum atomic E-state index is 4.78. The number of nitrogens with zero attached hydrogens (tertiary/aromatic N) is 2. The van der Waals surface area contributed by atoms with Crippen molar-refractivity contribution in [2.75, 3.05) is 11.9 Å². The Morgan fingerprint density at radius 3 is 2.74 bits per heavy atom. The van der Waals surface area contributed by atoms with Gasteiger partial charge in [-0.3, -0.25) is 0 Å². The van der Waals surface area contributed by atoms with E-state index >= 15 is 0 Å². The summed E-state index contributed by atoms with van der Waals surface area (Å²) in [5.41, 5.74) is 3.62. The van der Waals surface area contributed by atoms with Gasteiger partial charge in [-0.25, -0.2) is 4.68 Å². The summed E-state index contributed by atoms with van der Waals surface area (Å²) in [6.45, 7) is 7.68. The summed E-state index contributed by atoms with van der Waals surface area (Å²) >= 11 is 0. The number of aromatic nitrogens is 2. The summed E-state index contributed by atoms with van der Waals surface area (Å²) in [5, 5.41) is 8.35. The lowest BCUT2D eigenvalue weighted by Crippen LogP contribution is -2.31. The molecule has 0 saturated heterocycles. The summed E-state index contributed by atoms with van der Waals surface area (Å²) in [6.07, 6.45) is 1.13. The number of aryl methyl sites for hydroxylation is 1. The quantitative estimate of drug-likeness (QED) is 0.882. The normalized spacial score (nSPS) is 21.8. The minimum absolute atomic E-state index is 0.507. The molecule has 1 aromatic heterocycles. The molecule has 2 aromatic rings. The third kappa shape index (κ3) is 1.93. The van der Waals surface area contributed by atoms with Crippen molar-refractivity contribution in [3.63, 3.8) is 0 Å². The predicted molar refractivity (Wildman–Crippen MR) is 79.4 cm³/mol. The van der Waals surface area contributed by atoms with Crippen molar-refractivity contribution in [3.8, 4) is 11.1 Å². The molecule has 0 amide bonds. The summed E-state index contributed by atoms with van der Waals surface area (Å²) < 4.78 is 2.20. The van der Waals surface area contributed by atoms with E-state index in [2.05, 4.69) is 61.1 Å². The van der Waals surface area contributed by atoms with Crippen LogP contribution in [0.15, 0.2) is 30.3 Å². The van der Waals surface area contributed by atoms with Gasteiger partial charge in [-0.1, -0.05) is 44.2 Å². The summed E-state index contributed by atoms with van der Waals surface area (Å²) in [4.78, 5) is 0. The summed E-state index contributed by atoms with van der Waals surface area (Å²) in [6, 6.07) is 11.0. The van der Waals surface area contributed by atoms with Gasteiger partial charge < -0.3 is 5.32 Å². The predicted octanol–water partition coefficient (Wildman–Crippen LogP) is 3.87. The molecular formula is C16H21N3. The van der Waals surface area contributed by atoms with Crippen LogP contribution in [0.5, 0.6) is 0 Å². The van der Waals surface area contributed by atoms with Crippen LogP contribution in [0.25, 0.3) is 11.1 Å². The van der Waals surface area contributed by atoms with Gasteiger partial charge in [0.1, 0.15) is 5.82 Å². The molecule has 1 aliphatic rings. The average Bonchev–Trinajstić information content (AvgIpc) is 2.76. The van der Waals surface area contributed by atoms with Crippen molar-refractivity contribution in [2.24, 2.45) is 5.92 Å². The summed E-state index contributed by atoms with van der Waals surface area (Å²) in [7, 11) is 0. The Morgan fingerprint density at radius 1 is 1.32 bits per heavy atom. The van der Waals surface area contributed by atoms with Crippen LogP contribution in [0.4, 0.5) is 5.82 Å². The van der Waals surface area contributed by atoms with Crippen LogP contribution in [-0.4, -0.2) is 16.3 Å². The van der Waals surface area contributed by atoms with Crippen LogP contribution in [-0.2, 0) is 0 Å². The second kappa shape index (κ2) is 4.72. The minimum Gasteiger partial charge on any atom is -0.369 e. The first-order chi connectivity index (χ1) is 9.22. The van der Waals surface area contributed by atoms with Crippen molar-refractivity contribution >= 4 is 5.82 Å². The van der Waals surface area contributed by atoms with E-state index in [1.807, 2.05) is 0 Å². The van der Waals surface area contributed by atoms with E-state index < -0.39 is 0 Å². The fraction of sp³-hybridized carbons (Fsp3) is 0.438. The van der Waals surface area contributed by atoms with Gasteiger partial charge >= 0.3 is 0 Å². The number of anilines is 1. The summed E-state index contributed by atoms with van der Waals surface area (Å²) in [5.74, 6) is 1.81. The van der Waals surface area contributed by atoms with Gasteiger partial charge in [0.25, 0.3) is 0 Å². The zero-order valence-corrected chi connectivity index (χ0v) is 11.9. The SMILES string of the molecule is CCC1C(C)CNc2c(-c3ccccc3)c(C)nn21. The number of hydrogen-bond donors (Lipinski definition) is 1. The molecule has 3 nitrogen and oxygen atoms in total. The van der Waals surface area contributed by atoms with Crippen molar-refractivity contribution in [1.82, 2.24) is 9.78 Å². The van der Waals surface area contributed by atoms with Crippen molar-refractivity contribution in [2.45, 2.75) is 33.2 Å². The molecule has 1 aromatic carbocycles. The molecule has 1 N–H and O–H groups in total. The van der Waals surface area contributed by atoms with E-state index in [4.69, 9.17) is 5.10 Å². The maximum absolute atomic E-state index is 4.78. The Morgan fingerprint density at radius 2 is 2.05 bits per heavy atom. The first-order valence-corrected chi connectivity index (χ1v) is 7.10. The van der Waals surface area contributed by atoms with Gasteiger partial charge in [0, 0.05) is 12.1 Å². The number of rotatable bonds is 2. The van der Waals surface area contributed by atoms with E-state index in [0.717, 1.165) is 18.7 Å². The molecule has 3 heteroatoms. The lowest BCUT2D eigenvalue weighted by molar-refractivity contribution is 0.312. The zero-order chi connectivity index (χ0) is 13.4. The lowest BCUT2D eigenvalue weighted by atomic mass is 9.97. The van der Waals surface area contributed by atoms with Crippen LogP contribution in [0, 0.1) is 12.8 Å². The number of hydrogen-bond acceptors (Lipinski definition) is 2. The third-order valence-electron chi connectivity index (χ3n) is 4.13. The van der Waals surface area contributed by atoms with Crippen LogP contribution in [0.3, 0.4) is 0 Å². The highest BCUT2D eigenvalue weighted by Crippen LogP contribution is 2.38. The van der Waals surface area contributed by atoms with Gasteiger partial charge in [-0.15, -0.1) is 0 Å². The first kappa shape index (κ1) is 12.3. The van der Waals surface area contributed by atoms with Crippen molar-refractivity contribution in [1.29, 1.82) is 0 Å². The van der Waals surface area contributed by atoms with Crippen LogP contribution in [0.2, 0.25) is 0 Å². The molecule has 0 spiro atoms. The highest BCUT2D eigenvalue weighted by molar-refractivity contribution is 5.78. The van der Waals surface area contributed by atoms with Crippen LogP contribution in [0.1, 0.15) is 32.0 Å². The highest BCUT2D eigenvalue weighted by atomic mass is 15.4. The molecule has 2 unspecified atom stereocenters. The third-order valence-corrected chi connectivity index (χ3v) is 4.13. The van der Waals surface area contributed by atoms with Crippen molar-refractivity contribution in [3.05, 3.63) is 36.0 Å². The molecule has 2 atom stereocenters. The fourth-order valence-corrected chi connectivity index (χ4v) is 3.12. The van der Waals surface area contributed by atoms with E-state index in [-0.39, 0.29) is 0 Å². The second-order valence-electron chi connectivity index (χ2n) is 5.45. The molecule has 100 valence electrons. The van der Waals surface area contributed by atoms with Crippen LogP contribution < -0.4 is 5.32 Å². The van der Waals surface area contributed by atoms with Gasteiger partial charge in [0.05, 0.1) is 11.7 Å². The standard InChI is InChI=1S/C16H21N3/c1-4-14-11(2)10-17-16-15(12(3)18-19(14)16)13-8-6-5-7-9-13/h5-9,11,14,17H,4,10H2,1-3H3. The molecule has 0 bridgehead atoms. The number of nitrogens with one attached hydrogen (secondary N) is 1. The fourth-order valence-electron chi connectivity index (χ4n) is 3.12. The first-order valence-electron chi connectivity index (χ1n) is 7.10. The van der Waals surface area contributed by atoms with E-state index in [9.17, 15) is 0 Å². The van der Waals surface area contributed by atoms with E-state index in [1.54, 1.807) is 0 Å². The highest BCUT2D eigenvalue weighted by Gasteiger charge is 2.29. The smallest absolute Gasteiger partial charge is 0.132 e. The van der Waals surface area contributed by atoms with Crippen molar-refractivity contribution < 1.29 is 0 Å². The largest absolute Gasteiger partial charge is 0.369 e. The second-order valence-corrected chi connectivity index (χ2v) is 5.45. The Balaban J connectivity index is 2.14. The Kier molecular flexibility index (Phi) is 3.05. The maximum Gasteiger partial charge on any atom is 0.132 e. The minimum atomic E-state index is 0.507. The molecule has 0 aliphatic carbocycles. The van der Waals surface area contributed by atoms with Gasteiger partial charge in [0.2, 0.25) is 0 Å². The molecule has 2 heterocycles. The lowest BCUT2D eigenvalue weighted by Gasteiger charge is -2.31. The Bertz CT molecular complexity index is 571. The molecule has 19 heavy (non-hydrogen) atoms. The molecule has 1 aliphatic heterocycles. The molecular weight excluding hydrogens is 234 g/mol. The topological polar surface area (TPSA) is 29.9 Å². The van der Waals surface area contributed by atoms with E-state index in [0.29, 0.717) is 12.0 Å². The zero-order valence-electron chi connectivity index (χ0n) is 11.9. The number of benzene rings is 1. The van der Waals surface area contributed by atoms with Gasteiger partial charge in [-0.2, -0.15) is 5.10 Å². The molecule has 0 fully saturated rings.